The van der Waals surface area contributed by atoms with Crippen LogP contribution < -0.4 is 5.32 Å². The van der Waals surface area contributed by atoms with E-state index in [1.54, 1.807) is 35.4 Å². The highest BCUT2D eigenvalue weighted by Gasteiger charge is 2.30. The lowest BCUT2D eigenvalue weighted by Gasteiger charge is -2.27. The third kappa shape index (κ3) is 7.30. The molecule has 3 N–H and O–H groups in total. The highest BCUT2D eigenvalue weighted by atomic mass is 35.5. The van der Waals surface area contributed by atoms with Crippen molar-refractivity contribution < 1.29 is 14.3 Å². The quantitative estimate of drug-likeness (QED) is 0.135. The number of aromatic amines is 2. The summed E-state index contributed by atoms with van der Waals surface area (Å²) >= 11 is 6.42. The van der Waals surface area contributed by atoms with Gasteiger partial charge >= 0.3 is 6.09 Å². The van der Waals surface area contributed by atoms with Crippen LogP contribution >= 0.6 is 11.6 Å². The van der Waals surface area contributed by atoms with E-state index >= 15 is 0 Å². The number of aromatic nitrogens is 4. The number of imidazole rings is 2. The summed E-state index contributed by atoms with van der Waals surface area (Å²) in [6.45, 7) is 3.80. The van der Waals surface area contributed by atoms with Crippen LogP contribution in [0.5, 0.6) is 0 Å². The zero-order chi connectivity index (χ0) is 33.6. The summed E-state index contributed by atoms with van der Waals surface area (Å²) in [6, 6.07) is 23.1. The number of benzene rings is 3. The van der Waals surface area contributed by atoms with Gasteiger partial charge in [0.15, 0.2) is 0 Å². The van der Waals surface area contributed by atoms with Crippen molar-refractivity contribution in [3.8, 4) is 33.6 Å². The fourth-order valence-corrected chi connectivity index (χ4v) is 6.49. The summed E-state index contributed by atoms with van der Waals surface area (Å²) in [5.74, 6) is 1.36. The Balaban J connectivity index is 1.13. The lowest BCUT2D eigenvalue weighted by molar-refractivity contribution is -0.134. The number of methoxy groups -OCH3 is 1. The lowest BCUT2D eigenvalue weighted by atomic mass is 10.0. The van der Waals surface area contributed by atoms with Crippen LogP contribution in [-0.2, 0) is 16.1 Å². The molecule has 3 aromatic carbocycles. The van der Waals surface area contributed by atoms with Gasteiger partial charge in [0.25, 0.3) is 0 Å². The number of alkyl carbamates (subject to hydrolysis) is 1. The molecule has 3 heterocycles. The second-order valence-corrected chi connectivity index (χ2v) is 12.5. The van der Waals surface area contributed by atoms with Crippen molar-refractivity contribution in [3.05, 3.63) is 107 Å². The van der Waals surface area contributed by atoms with Gasteiger partial charge in [-0.2, -0.15) is 0 Å². The molecule has 2 amide bonds. The number of H-pyrrole nitrogens is 2. The van der Waals surface area contributed by atoms with Crippen molar-refractivity contribution >= 4 is 23.6 Å². The van der Waals surface area contributed by atoms with Crippen molar-refractivity contribution in [3.63, 3.8) is 0 Å². The molecule has 2 aromatic heterocycles. The summed E-state index contributed by atoms with van der Waals surface area (Å²) in [7, 11) is 3.41. The molecule has 10 nitrogen and oxygen atoms in total. The minimum Gasteiger partial charge on any atom is -0.453 e. The van der Waals surface area contributed by atoms with Crippen LogP contribution in [0.4, 0.5) is 4.79 Å². The van der Waals surface area contributed by atoms with E-state index in [0.717, 1.165) is 58.9 Å². The van der Waals surface area contributed by atoms with E-state index in [-0.39, 0.29) is 12.5 Å². The van der Waals surface area contributed by atoms with Gasteiger partial charge in [0.2, 0.25) is 5.91 Å². The number of amides is 2. The van der Waals surface area contributed by atoms with Gasteiger partial charge in [-0.15, -0.1) is 0 Å². The summed E-state index contributed by atoms with van der Waals surface area (Å²) in [4.78, 5) is 46.1. The number of hydrogen-bond donors (Lipinski definition) is 3. The van der Waals surface area contributed by atoms with Crippen molar-refractivity contribution in [2.45, 2.75) is 44.8 Å². The number of nitrogens with one attached hydrogen (secondary N) is 3. The summed E-state index contributed by atoms with van der Waals surface area (Å²) in [5.41, 5.74) is 6.67. The zero-order valence-corrected chi connectivity index (χ0v) is 28.1. The van der Waals surface area contributed by atoms with Gasteiger partial charge in [-0.3, -0.25) is 9.69 Å². The van der Waals surface area contributed by atoms with Gasteiger partial charge in [0.1, 0.15) is 17.7 Å². The molecule has 0 aliphatic carbocycles. The van der Waals surface area contributed by atoms with Crippen LogP contribution in [0.3, 0.4) is 0 Å². The molecule has 0 unspecified atom stereocenters. The third-order valence-electron chi connectivity index (χ3n) is 8.84. The topological polar surface area (TPSA) is 119 Å². The maximum atomic E-state index is 13.8. The standard InChI is InChI=1S/C37H40ClN7O3/c1-4-19-45(36(46)34(43-37(47)48-3)28-8-5-6-9-29(28)38)23-33-39-21-30(41-33)26-15-11-24(12-16-26)25-13-17-27(18-14-25)31-22-40-35(42-31)32-10-7-20-44(32)2/h5-6,8-9,11-18,21-22,32,34H,4,7,10,19-20,23H2,1-3H3,(H,39,41)(H,40,42)(H,43,47)/t32-,34+/m0/s1. The molecule has 5 aromatic rings. The van der Waals surface area contributed by atoms with Gasteiger partial charge in [-0.25, -0.2) is 14.8 Å². The molecule has 1 saturated heterocycles. The fourth-order valence-electron chi connectivity index (χ4n) is 6.24. The number of rotatable bonds is 11. The molecule has 48 heavy (non-hydrogen) atoms. The number of nitrogens with zero attached hydrogens (tertiary/aromatic N) is 4. The Morgan fingerprint density at radius 1 is 0.958 bits per heavy atom. The number of hydrogen-bond acceptors (Lipinski definition) is 6. The molecule has 6 rings (SSSR count). The predicted molar refractivity (Wildman–Crippen MR) is 187 cm³/mol. The zero-order valence-electron chi connectivity index (χ0n) is 27.4. The Morgan fingerprint density at radius 3 is 2.19 bits per heavy atom. The number of carbonyl (C=O) groups excluding carboxylic acids is 2. The van der Waals surface area contributed by atoms with Crippen LogP contribution in [0, 0.1) is 0 Å². The second kappa shape index (κ2) is 14.9. The number of likely N-dealkylation sites (tertiary alicyclic amines) is 1. The maximum Gasteiger partial charge on any atom is 0.407 e. The van der Waals surface area contributed by atoms with E-state index < -0.39 is 12.1 Å². The van der Waals surface area contributed by atoms with Crippen molar-refractivity contribution in [1.29, 1.82) is 0 Å². The van der Waals surface area contributed by atoms with Crippen molar-refractivity contribution in [1.82, 2.24) is 35.1 Å². The highest BCUT2D eigenvalue weighted by Crippen LogP contribution is 2.31. The summed E-state index contributed by atoms with van der Waals surface area (Å²) in [5, 5.41) is 3.03. The number of carbonyl (C=O) groups is 2. The van der Waals surface area contributed by atoms with E-state index in [4.69, 9.17) is 16.3 Å². The molecule has 0 bridgehead atoms. The van der Waals surface area contributed by atoms with Gasteiger partial charge < -0.3 is 24.9 Å². The predicted octanol–water partition coefficient (Wildman–Crippen LogP) is 7.39. The molecule has 0 radical (unpaired) electrons. The monoisotopic (exact) mass is 665 g/mol. The minimum atomic E-state index is -1.01. The summed E-state index contributed by atoms with van der Waals surface area (Å²) < 4.78 is 4.80. The smallest absolute Gasteiger partial charge is 0.407 e. The Morgan fingerprint density at radius 2 is 1.58 bits per heavy atom. The fraction of sp³-hybridized carbons (Fsp3) is 0.297. The largest absolute Gasteiger partial charge is 0.453 e. The van der Waals surface area contributed by atoms with Gasteiger partial charge in [0, 0.05) is 17.1 Å². The third-order valence-corrected chi connectivity index (χ3v) is 9.19. The maximum absolute atomic E-state index is 13.8. The van der Waals surface area contributed by atoms with Gasteiger partial charge in [-0.1, -0.05) is 85.3 Å². The molecular formula is C37H40ClN7O3. The lowest BCUT2D eigenvalue weighted by Crippen LogP contribution is -2.43. The first-order valence-corrected chi connectivity index (χ1v) is 16.6. The van der Waals surface area contributed by atoms with Crippen LogP contribution in [-0.4, -0.2) is 69.0 Å². The minimum absolute atomic E-state index is 0.232. The molecule has 0 spiro atoms. The Kier molecular flexibility index (Phi) is 10.2. The van der Waals surface area contributed by atoms with Crippen molar-refractivity contribution in [2.24, 2.45) is 0 Å². The van der Waals surface area contributed by atoms with E-state index in [1.165, 1.54) is 13.5 Å². The van der Waals surface area contributed by atoms with Gasteiger partial charge in [-0.05, 0) is 61.2 Å². The first-order valence-electron chi connectivity index (χ1n) is 16.2. The molecule has 1 aliphatic rings. The molecule has 1 aliphatic heterocycles. The Labute approximate surface area is 285 Å². The van der Waals surface area contributed by atoms with Crippen LogP contribution in [0.1, 0.15) is 55.5 Å². The molecule has 248 valence electrons. The molecule has 0 saturated carbocycles. The van der Waals surface area contributed by atoms with Gasteiger partial charge in [0.05, 0.1) is 43.5 Å². The first-order chi connectivity index (χ1) is 23.3. The Hall–Kier alpha value is -4.93. The van der Waals surface area contributed by atoms with Crippen molar-refractivity contribution in [2.75, 3.05) is 27.2 Å². The average molecular weight is 666 g/mol. The van der Waals surface area contributed by atoms with E-state index in [1.807, 2.05) is 13.1 Å². The van der Waals surface area contributed by atoms with E-state index in [2.05, 4.69) is 85.7 Å². The van der Waals surface area contributed by atoms with E-state index in [0.29, 0.717) is 29.0 Å². The van der Waals surface area contributed by atoms with E-state index in [9.17, 15) is 9.59 Å². The Bertz CT molecular complexity index is 1850. The first kappa shape index (κ1) is 33.0. The number of ether oxygens (including phenoxy) is 1. The van der Waals surface area contributed by atoms with Crippen LogP contribution in [0.15, 0.2) is 85.2 Å². The second-order valence-electron chi connectivity index (χ2n) is 12.1. The SMILES string of the molecule is CCCN(Cc1ncc(-c2ccc(-c3ccc(-c4cnc([C@@H]5CCCN5C)[nH]4)cc3)cc2)[nH]1)C(=O)[C@H](NC(=O)OC)c1ccccc1Cl. The molecule has 1 fully saturated rings. The summed E-state index contributed by atoms with van der Waals surface area (Å²) in [6.07, 6.45) is 6.04. The average Bonchev–Trinajstić information content (AvgIpc) is 3.89. The molecule has 2 atom stereocenters. The van der Waals surface area contributed by atoms with Crippen LogP contribution in [0.2, 0.25) is 5.02 Å². The molecule has 11 heteroatoms. The highest BCUT2D eigenvalue weighted by molar-refractivity contribution is 6.31. The number of halogens is 1. The van der Waals surface area contributed by atoms with Crippen LogP contribution in [0.25, 0.3) is 33.6 Å². The normalized spacial score (nSPS) is 15.3. The molecular weight excluding hydrogens is 626 g/mol.